The molecule has 0 amide bonds. The summed E-state index contributed by atoms with van der Waals surface area (Å²) >= 11 is 0. The molecule has 0 heterocycles. The van der Waals surface area contributed by atoms with Gasteiger partial charge in [-0.1, -0.05) is 12.2 Å². The fourth-order valence-corrected chi connectivity index (χ4v) is 0.419. The minimum absolute atomic E-state index is 0. The molecule has 0 bridgehead atoms. The van der Waals surface area contributed by atoms with Crippen LogP contribution in [0.5, 0.6) is 0 Å². The summed E-state index contributed by atoms with van der Waals surface area (Å²) in [7, 11) is 8.10. The van der Waals surface area contributed by atoms with E-state index >= 15 is 0 Å². The monoisotopic (exact) mass is 222 g/mol. The zero-order valence-electron chi connectivity index (χ0n) is 8.16. The van der Waals surface area contributed by atoms with E-state index in [1.165, 1.54) is 0 Å². The van der Waals surface area contributed by atoms with E-state index in [0.29, 0.717) is 0 Å². The van der Waals surface area contributed by atoms with Gasteiger partial charge in [-0.25, -0.2) is 0 Å². The normalized spacial score (nSPS) is 10.7. The molecule has 0 fully saturated rings. The summed E-state index contributed by atoms with van der Waals surface area (Å²) < 4.78 is 8.93. The molecular formula is C8H17NOPTi+. The van der Waals surface area contributed by atoms with Crippen LogP contribution in [0.25, 0.3) is 0 Å². The predicted octanol–water partition coefficient (Wildman–Crippen LogP) is 2.25. The maximum atomic E-state index is 8.06. The second-order valence-corrected chi connectivity index (χ2v) is 2.98. The third kappa shape index (κ3) is 22.5. The van der Waals surface area contributed by atoms with Crippen LogP contribution in [0.2, 0.25) is 0 Å². The van der Waals surface area contributed by atoms with Gasteiger partial charge in [0.25, 0.3) is 0 Å². The van der Waals surface area contributed by atoms with Crippen molar-refractivity contribution in [2.75, 3.05) is 21.1 Å². The van der Waals surface area contributed by atoms with Gasteiger partial charge >= 0.3 is 0 Å². The Morgan fingerprint density at radius 3 is 1.75 bits per heavy atom. The van der Waals surface area contributed by atoms with Crippen molar-refractivity contribution in [2.45, 2.75) is 6.92 Å². The first kappa shape index (κ1) is 18.1. The van der Waals surface area contributed by atoms with E-state index in [0.717, 1.165) is 4.48 Å². The van der Waals surface area contributed by atoms with Crippen LogP contribution in [-0.4, -0.2) is 25.6 Å². The molecule has 0 atom stereocenters. The minimum atomic E-state index is 0. The topological polar surface area (TPSA) is 17.1 Å². The van der Waals surface area contributed by atoms with Crippen molar-refractivity contribution >= 4 is 9.12 Å². The number of hydrogen-bond acceptors (Lipinski definition) is 1. The summed E-state index contributed by atoms with van der Waals surface area (Å²) in [5, 5.41) is 0. The molecule has 4 heteroatoms. The van der Waals surface area contributed by atoms with E-state index in [2.05, 4.69) is 33.4 Å². The van der Waals surface area contributed by atoms with Crippen molar-refractivity contribution in [3.63, 3.8) is 0 Å². The number of nitrogens with zero attached hydrogens (tertiary/aromatic N) is 1. The van der Waals surface area contributed by atoms with Crippen LogP contribution >= 0.6 is 9.12 Å². The maximum absolute atomic E-state index is 8.06. The molecule has 0 unspecified atom stereocenters. The molecule has 0 saturated carbocycles. The van der Waals surface area contributed by atoms with E-state index in [4.69, 9.17) is 4.57 Å². The van der Waals surface area contributed by atoms with E-state index in [1.54, 1.807) is 9.12 Å². The Balaban J connectivity index is -0.000000249. The zero-order chi connectivity index (χ0) is 9.33. The summed E-state index contributed by atoms with van der Waals surface area (Å²) in [4.78, 5) is 0. The van der Waals surface area contributed by atoms with Gasteiger partial charge < -0.3 is 4.48 Å². The predicted molar refractivity (Wildman–Crippen MR) is 51.0 cm³/mol. The maximum Gasteiger partial charge on any atom is 0.138 e. The Kier molecular flexibility index (Phi) is 17.0. The molecule has 12 heavy (non-hydrogen) atoms. The average Bonchev–Trinajstić information content (AvgIpc) is 1.90. The van der Waals surface area contributed by atoms with Gasteiger partial charge in [0.15, 0.2) is 0 Å². The standard InChI is InChI=1S/C8H16N.HOP.Ti/c1-5-6-7-8-9(2,3)4;1-2;/h5-8H,1-4H3;2H;/q+1;;. The van der Waals surface area contributed by atoms with Gasteiger partial charge in [0.2, 0.25) is 0 Å². The Bertz CT molecular complexity index is 140. The molecule has 0 spiro atoms. The average molecular weight is 222 g/mol. The summed E-state index contributed by atoms with van der Waals surface area (Å²) in [5.41, 5.74) is 0. The summed E-state index contributed by atoms with van der Waals surface area (Å²) in [6.07, 6.45) is 8.23. The molecule has 0 aliphatic rings. The molecule has 0 aromatic carbocycles. The van der Waals surface area contributed by atoms with Crippen LogP contribution in [0, 0.1) is 0 Å². The number of quaternary nitrogens is 1. The third-order valence-corrected chi connectivity index (χ3v) is 0.837. The zero-order valence-corrected chi connectivity index (χ0v) is 10.7. The van der Waals surface area contributed by atoms with Crippen molar-refractivity contribution in [3.8, 4) is 0 Å². The molecule has 0 rings (SSSR count). The molecule has 0 radical (unpaired) electrons. The summed E-state index contributed by atoms with van der Waals surface area (Å²) in [6, 6.07) is 0. The van der Waals surface area contributed by atoms with Gasteiger partial charge in [-0.15, -0.1) is 0 Å². The second-order valence-electron chi connectivity index (χ2n) is 2.98. The minimum Gasteiger partial charge on any atom is -0.305 e. The number of allylic oxidation sites excluding steroid dienone is 3. The van der Waals surface area contributed by atoms with Gasteiger partial charge in [0.1, 0.15) is 9.12 Å². The van der Waals surface area contributed by atoms with Gasteiger partial charge in [0, 0.05) is 21.7 Å². The molecule has 0 aromatic rings. The quantitative estimate of drug-likeness (QED) is 0.303. The van der Waals surface area contributed by atoms with E-state index in [9.17, 15) is 0 Å². The SMILES string of the molecule is CC=CC=C[N+](C)(C)C.O=P.[Ti]. The molecule has 68 valence electrons. The van der Waals surface area contributed by atoms with Crippen molar-refractivity contribution in [2.24, 2.45) is 0 Å². The summed E-state index contributed by atoms with van der Waals surface area (Å²) in [5.74, 6) is 0. The molecule has 0 saturated heterocycles. The van der Waals surface area contributed by atoms with Crippen molar-refractivity contribution in [1.29, 1.82) is 0 Å². The first-order valence-electron chi connectivity index (χ1n) is 3.38. The largest absolute Gasteiger partial charge is 0.305 e. The van der Waals surface area contributed by atoms with Crippen molar-refractivity contribution < 1.29 is 30.8 Å². The first-order chi connectivity index (χ1) is 5.06. The van der Waals surface area contributed by atoms with Gasteiger partial charge in [-0.05, 0) is 13.0 Å². The second kappa shape index (κ2) is 11.3. The fourth-order valence-electron chi connectivity index (χ4n) is 0.419. The van der Waals surface area contributed by atoms with E-state index < -0.39 is 0 Å². The number of hydrogen-bond donors (Lipinski definition) is 0. The van der Waals surface area contributed by atoms with Gasteiger partial charge in [-0.3, -0.25) is 4.57 Å². The van der Waals surface area contributed by atoms with E-state index in [1.807, 2.05) is 19.1 Å². The molecule has 2 nitrogen and oxygen atoms in total. The third-order valence-electron chi connectivity index (χ3n) is 0.837. The van der Waals surface area contributed by atoms with Crippen molar-refractivity contribution in [3.05, 3.63) is 24.4 Å². The molecule has 0 aliphatic carbocycles. The molecule has 0 aliphatic heterocycles. The molecule has 0 aromatic heterocycles. The van der Waals surface area contributed by atoms with E-state index in [-0.39, 0.29) is 21.7 Å². The Morgan fingerprint density at radius 1 is 1.08 bits per heavy atom. The molecular weight excluding hydrogens is 205 g/mol. The Labute approximate surface area is 92.4 Å². The van der Waals surface area contributed by atoms with Crippen LogP contribution in [0.4, 0.5) is 0 Å². The van der Waals surface area contributed by atoms with Gasteiger partial charge in [-0.2, -0.15) is 0 Å². The van der Waals surface area contributed by atoms with Crippen molar-refractivity contribution in [1.82, 2.24) is 0 Å². The van der Waals surface area contributed by atoms with Gasteiger partial charge in [0.05, 0.1) is 27.3 Å². The van der Waals surface area contributed by atoms with Crippen LogP contribution in [0.1, 0.15) is 6.92 Å². The number of rotatable bonds is 2. The smallest absolute Gasteiger partial charge is 0.138 e. The fraction of sp³-hybridized carbons (Fsp3) is 0.500. The summed E-state index contributed by atoms with van der Waals surface area (Å²) in [6.45, 7) is 2.01. The van der Waals surface area contributed by atoms with Crippen LogP contribution in [-0.2, 0) is 26.3 Å². The first-order valence-corrected chi connectivity index (χ1v) is 3.79. The van der Waals surface area contributed by atoms with Crippen LogP contribution in [0.15, 0.2) is 24.4 Å². The molecule has 0 N–H and O–H groups in total. The van der Waals surface area contributed by atoms with Crippen LogP contribution < -0.4 is 0 Å². The van der Waals surface area contributed by atoms with Crippen LogP contribution in [0.3, 0.4) is 0 Å². The Morgan fingerprint density at radius 2 is 1.50 bits per heavy atom. The Hall–Kier alpha value is 0.254.